The smallest absolute Gasteiger partial charge is 0.175 e. The number of hydrogen-bond acceptors (Lipinski definition) is 5. The second-order valence-electron chi connectivity index (χ2n) is 3.86. The van der Waals surface area contributed by atoms with Crippen LogP contribution in [0.2, 0.25) is 0 Å². The summed E-state index contributed by atoms with van der Waals surface area (Å²) >= 11 is 0. The first-order chi connectivity index (χ1) is 7.70. The van der Waals surface area contributed by atoms with Crippen LogP contribution < -0.4 is 22.9 Å². The van der Waals surface area contributed by atoms with Crippen LogP contribution >= 0.6 is 0 Å². The number of fused-ring (bicyclic) bond motifs is 1. The van der Waals surface area contributed by atoms with Crippen LogP contribution in [-0.2, 0) is 12.8 Å². The summed E-state index contributed by atoms with van der Waals surface area (Å²) in [5.74, 6) is 11.3. The lowest BCUT2D eigenvalue weighted by Gasteiger charge is -2.20. The zero-order valence-electron chi connectivity index (χ0n) is 8.90. The van der Waals surface area contributed by atoms with Crippen LogP contribution in [-0.4, -0.2) is 4.68 Å². The van der Waals surface area contributed by atoms with Gasteiger partial charge in [-0.05, 0) is 31.2 Å². The quantitative estimate of drug-likeness (QED) is 0.394. The number of anilines is 1. The fourth-order valence-corrected chi connectivity index (χ4v) is 2.23. The van der Waals surface area contributed by atoms with Gasteiger partial charge < -0.3 is 17.4 Å². The summed E-state index contributed by atoms with van der Waals surface area (Å²) in [6.07, 6.45) is 3.80. The van der Waals surface area contributed by atoms with Gasteiger partial charge in [0.1, 0.15) is 11.9 Å². The summed E-state index contributed by atoms with van der Waals surface area (Å²) in [5.41, 5.74) is 8.65. The van der Waals surface area contributed by atoms with Crippen LogP contribution in [0, 0.1) is 11.3 Å². The molecule has 6 N–H and O–H groups in total. The SMILES string of the molecule is N#Cc1c2c(/c(=N\N)n(N)c1N)CCCC2. The molecule has 2 rings (SSSR count). The molecule has 16 heavy (non-hydrogen) atoms. The molecule has 0 bridgehead atoms. The maximum Gasteiger partial charge on any atom is 0.175 e. The van der Waals surface area contributed by atoms with Gasteiger partial charge in [-0.25, -0.2) is 4.68 Å². The van der Waals surface area contributed by atoms with Crippen molar-refractivity contribution in [2.45, 2.75) is 25.7 Å². The van der Waals surface area contributed by atoms with Gasteiger partial charge in [-0.1, -0.05) is 0 Å². The minimum Gasteiger partial charge on any atom is -0.383 e. The molecule has 1 aromatic rings. The third kappa shape index (κ3) is 1.29. The Morgan fingerprint density at radius 2 is 1.88 bits per heavy atom. The lowest BCUT2D eigenvalue weighted by atomic mass is 9.89. The summed E-state index contributed by atoms with van der Waals surface area (Å²) in [4.78, 5) is 0. The predicted molar refractivity (Wildman–Crippen MR) is 60.1 cm³/mol. The van der Waals surface area contributed by atoms with E-state index in [1.807, 2.05) is 0 Å². The molecule has 0 unspecified atom stereocenters. The summed E-state index contributed by atoms with van der Waals surface area (Å²) < 4.78 is 1.20. The highest BCUT2D eigenvalue weighted by molar-refractivity contribution is 5.56. The first-order valence-corrected chi connectivity index (χ1v) is 5.16. The molecule has 0 atom stereocenters. The first-order valence-electron chi connectivity index (χ1n) is 5.16. The number of nitriles is 1. The van der Waals surface area contributed by atoms with Crippen molar-refractivity contribution in [2.24, 2.45) is 10.9 Å². The molecule has 0 amide bonds. The molecule has 0 aromatic carbocycles. The van der Waals surface area contributed by atoms with Crippen LogP contribution in [0.4, 0.5) is 5.82 Å². The van der Waals surface area contributed by atoms with E-state index in [4.69, 9.17) is 22.7 Å². The Balaban J connectivity index is 2.88. The molecule has 6 heteroatoms. The number of nitrogens with two attached hydrogens (primary N) is 3. The van der Waals surface area contributed by atoms with Gasteiger partial charge in [0, 0.05) is 5.56 Å². The van der Waals surface area contributed by atoms with Gasteiger partial charge in [-0.15, -0.1) is 0 Å². The third-order valence-electron chi connectivity index (χ3n) is 3.02. The fourth-order valence-electron chi connectivity index (χ4n) is 2.23. The van der Waals surface area contributed by atoms with Gasteiger partial charge >= 0.3 is 0 Å². The van der Waals surface area contributed by atoms with Crippen molar-refractivity contribution in [1.29, 1.82) is 5.26 Å². The van der Waals surface area contributed by atoms with Crippen LogP contribution in [0.25, 0.3) is 0 Å². The Kier molecular flexibility index (Phi) is 2.44. The number of pyridine rings is 1. The Morgan fingerprint density at radius 3 is 2.44 bits per heavy atom. The van der Waals surface area contributed by atoms with E-state index in [0.717, 1.165) is 36.8 Å². The third-order valence-corrected chi connectivity index (χ3v) is 3.02. The van der Waals surface area contributed by atoms with Gasteiger partial charge in [0.2, 0.25) is 0 Å². The van der Waals surface area contributed by atoms with E-state index in [2.05, 4.69) is 11.2 Å². The van der Waals surface area contributed by atoms with E-state index in [0.29, 0.717) is 11.1 Å². The Morgan fingerprint density at radius 1 is 1.25 bits per heavy atom. The molecule has 0 spiro atoms. The molecule has 0 saturated heterocycles. The highest BCUT2D eigenvalue weighted by Crippen LogP contribution is 2.24. The van der Waals surface area contributed by atoms with Crippen molar-refractivity contribution in [3.8, 4) is 6.07 Å². The Hall–Kier alpha value is -2.16. The van der Waals surface area contributed by atoms with E-state index in [1.54, 1.807) is 0 Å². The topological polar surface area (TPSA) is 119 Å². The maximum absolute atomic E-state index is 9.10. The average molecular weight is 218 g/mol. The fraction of sp³-hybridized carbons (Fsp3) is 0.400. The minimum absolute atomic E-state index is 0.229. The van der Waals surface area contributed by atoms with Gasteiger partial charge in [0.25, 0.3) is 0 Å². The molecule has 1 aliphatic rings. The van der Waals surface area contributed by atoms with E-state index >= 15 is 0 Å². The highest BCUT2D eigenvalue weighted by Gasteiger charge is 2.20. The Labute approximate surface area is 92.9 Å². The van der Waals surface area contributed by atoms with Crippen molar-refractivity contribution >= 4 is 5.82 Å². The molecule has 0 radical (unpaired) electrons. The first kappa shape index (κ1) is 10.4. The average Bonchev–Trinajstić information content (AvgIpc) is 2.31. The summed E-state index contributed by atoms with van der Waals surface area (Å²) in [7, 11) is 0. The molecular weight excluding hydrogens is 204 g/mol. The number of aromatic nitrogens is 1. The van der Waals surface area contributed by atoms with Crippen molar-refractivity contribution < 1.29 is 0 Å². The van der Waals surface area contributed by atoms with Gasteiger partial charge in [-0.2, -0.15) is 10.4 Å². The molecule has 1 aliphatic carbocycles. The molecule has 6 nitrogen and oxygen atoms in total. The largest absolute Gasteiger partial charge is 0.383 e. The van der Waals surface area contributed by atoms with Gasteiger partial charge in [0.15, 0.2) is 5.49 Å². The van der Waals surface area contributed by atoms with Gasteiger partial charge in [-0.3, -0.25) is 0 Å². The van der Waals surface area contributed by atoms with Gasteiger partial charge in [0.05, 0.1) is 5.56 Å². The molecule has 1 heterocycles. The number of rotatable bonds is 0. The molecule has 0 saturated carbocycles. The van der Waals surface area contributed by atoms with E-state index in [1.165, 1.54) is 4.68 Å². The van der Waals surface area contributed by atoms with Crippen molar-refractivity contribution in [3.63, 3.8) is 0 Å². The lowest BCUT2D eigenvalue weighted by molar-refractivity contribution is 0.660. The molecule has 0 fully saturated rings. The molecule has 1 aromatic heterocycles. The Bertz CT molecular complexity index is 534. The van der Waals surface area contributed by atoms with E-state index in [9.17, 15) is 0 Å². The summed E-state index contributed by atoms with van der Waals surface area (Å²) in [5, 5.41) is 12.8. The van der Waals surface area contributed by atoms with Crippen LogP contribution in [0.3, 0.4) is 0 Å². The van der Waals surface area contributed by atoms with Crippen molar-refractivity contribution in [2.75, 3.05) is 11.6 Å². The normalized spacial score (nSPS) is 15.6. The van der Waals surface area contributed by atoms with Crippen molar-refractivity contribution in [3.05, 3.63) is 22.2 Å². The van der Waals surface area contributed by atoms with Crippen LogP contribution in [0.1, 0.15) is 29.5 Å². The highest BCUT2D eigenvalue weighted by atomic mass is 15.3. The van der Waals surface area contributed by atoms with Crippen molar-refractivity contribution in [1.82, 2.24) is 4.68 Å². The standard InChI is InChI=1S/C10H14N6/c11-5-8-6-3-1-2-4-7(6)10(15-13)16(14)9(8)12/h1-4,12-14H2/b15-10+. The maximum atomic E-state index is 9.10. The van der Waals surface area contributed by atoms with E-state index < -0.39 is 0 Å². The van der Waals surface area contributed by atoms with E-state index in [-0.39, 0.29) is 5.82 Å². The number of nitrogen functional groups attached to an aromatic ring is 2. The zero-order valence-corrected chi connectivity index (χ0v) is 8.90. The molecule has 0 aliphatic heterocycles. The second kappa shape index (κ2) is 3.77. The molecule has 84 valence electrons. The molecular formula is C10H14N6. The number of nitrogens with zero attached hydrogens (tertiary/aromatic N) is 3. The monoisotopic (exact) mass is 218 g/mol. The zero-order chi connectivity index (χ0) is 11.7. The lowest BCUT2D eigenvalue weighted by Crippen LogP contribution is -2.37. The second-order valence-corrected chi connectivity index (χ2v) is 3.86. The predicted octanol–water partition coefficient (Wildman–Crippen LogP) is -0.691. The van der Waals surface area contributed by atoms with Crippen LogP contribution in [0.5, 0.6) is 0 Å². The minimum atomic E-state index is 0.229. The summed E-state index contributed by atoms with van der Waals surface area (Å²) in [6, 6.07) is 2.11. The van der Waals surface area contributed by atoms with Crippen LogP contribution in [0.15, 0.2) is 5.10 Å². The number of hydrogen-bond donors (Lipinski definition) is 3. The summed E-state index contributed by atoms with van der Waals surface area (Å²) in [6.45, 7) is 0.